The molecule has 0 saturated heterocycles. The molecule has 0 heterocycles. The van der Waals surface area contributed by atoms with Crippen molar-refractivity contribution in [3.63, 3.8) is 0 Å². The van der Waals surface area contributed by atoms with Crippen molar-refractivity contribution in [3.05, 3.63) is 35.4 Å². The minimum atomic E-state index is -0.380. The SMILES string of the molecule is Cc1ccc([C@@H](NC(=O)N(C)C[C@@H](O)C2CC2)C2CC2)cc1. The van der Waals surface area contributed by atoms with Crippen molar-refractivity contribution in [2.24, 2.45) is 11.8 Å². The van der Waals surface area contributed by atoms with Gasteiger partial charge in [0.2, 0.25) is 0 Å². The minimum absolute atomic E-state index is 0.0859. The van der Waals surface area contributed by atoms with Gasteiger partial charge < -0.3 is 15.3 Å². The molecule has 0 aliphatic heterocycles. The van der Waals surface area contributed by atoms with Gasteiger partial charge in [0.05, 0.1) is 12.1 Å². The highest BCUT2D eigenvalue weighted by Gasteiger charge is 2.35. The van der Waals surface area contributed by atoms with Gasteiger partial charge in [0.25, 0.3) is 0 Å². The van der Waals surface area contributed by atoms with E-state index in [0.717, 1.165) is 12.8 Å². The van der Waals surface area contributed by atoms with E-state index in [9.17, 15) is 9.90 Å². The van der Waals surface area contributed by atoms with E-state index in [1.165, 1.54) is 24.0 Å². The summed E-state index contributed by atoms with van der Waals surface area (Å²) in [5.41, 5.74) is 2.41. The third-order valence-corrected chi connectivity index (χ3v) is 4.78. The van der Waals surface area contributed by atoms with Crippen molar-refractivity contribution < 1.29 is 9.90 Å². The van der Waals surface area contributed by atoms with E-state index in [0.29, 0.717) is 18.4 Å². The quantitative estimate of drug-likeness (QED) is 0.849. The molecule has 2 aliphatic carbocycles. The zero-order chi connectivity index (χ0) is 15.7. The molecule has 22 heavy (non-hydrogen) atoms. The van der Waals surface area contributed by atoms with Crippen molar-refractivity contribution in [1.82, 2.24) is 10.2 Å². The van der Waals surface area contributed by atoms with E-state index in [1.54, 1.807) is 11.9 Å². The molecule has 2 aliphatic rings. The highest BCUT2D eigenvalue weighted by molar-refractivity contribution is 5.74. The third kappa shape index (κ3) is 3.80. The van der Waals surface area contributed by atoms with Crippen molar-refractivity contribution in [1.29, 1.82) is 0 Å². The summed E-state index contributed by atoms with van der Waals surface area (Å²) in [6.45, 7) is 2.49. The molecule has 0 radical (unpaired) electrons. The van der Waals surface area contributed by atoms with Gasteiger partial charge in [-0.2, -0.15) is 0 Å². The summed E-state index contributed by atoms with van der Waals surface area (Å²) in [6, 6.07) is 8.41. The molecule has 2 saturated carbocycles. The van der Waals surface area contributed by atoms with Gasteiger partial charge in [-0.15, -0.1) is 0 Å². The Labute approximate surface area is 132 Å². The van der Waals surface area contributed by atoms with Crippen LogP contribution in [0.4, 0.5) is 4.79 Å². The first-order chi connectivity index (χ1) is 10.5. The van der Waals surface area contributed by atoms with Crippen LogP contribution in [0.2, 0.25) is 0 Å². The van der Waals surface area contributed by atoms with E-state index in [-0.39, 0.29) is 18.2 Å². The number of benzene rings is 1. The van der Waals surface area contributed by atoms with Gasteiger partial charge in [-0.25, -0.2) is 4.79 Å². The lowest BCUT2D eigenvalue weighted by molar-refractivity contribution is 0.112. The summed E-state index contributed by atoms with van der Waals surface area (Å²) in [4.78, 5) is 14.0. The lowest BCUT2D eigenvalue weighted by atomic mass is 10.0. The number of nitrogens with zero attached hydrogens (tertiary/aromatic N) is 1. The molecule has 4 nitrogen and oxygen atoms in total. The summed E-state index contributed by atoms with van der Waals surface area (Å²) in [5.74, 6) is 0.944. The van der Waals surface area contributed by atoms with Gasteiger partial charge >= 0.3 is 6.03 Å². The van der Waals surface area contributed by atoms with E-state index in [2.05, 4.69) is 36.5 Å². The molecule has 2 fully saturated rings. The lowest BCUT2D eigenvalue weighted by Crippen LogP contribution is -2.43. The molecule has 4 heteroatoms. The number of urea groups is 1. The Balaban J connectivity index is 1.60. The van der Waals surface area contributed by atoms with Crippen LogP contribution in [-0.4, -0.2) is 35.7 Å². The molecule has 0 spiro atoms. The Kier molecular flexibility index (Phi) is 4.39. The van der Waals surface area contributed by atoms with Crippen LogP contribution in [0.3, 0.4) is 0 Å². The zero-order valence-corrected chi connectivity index (χ0v) is 13.5. The predicted octanol–water partition coefficient (Wildman–Crippen LogP) is 2.86. The van der Waals surface area contributed by atoms with E-state index in [1.807, 2.05) is 0 Å². The number of aliphatic hydroxyl groups is 1. The average molecular weight is 302 g/mol. The van der Waals surface area contributed by atoms with E-state index < -0.39 is 0 Å². The number of aliphatic hydroxyl groups excluding tert-OH is 1. The van der Waals surface area contributed by atoms with Crippen LogP contribution >= 0.6 is 0 Å². The van der Waals surface area contributed by atoms with Gasteiger partial charge in [0.1, 0.15) is 0 Å². The van der Waals surface area contributed by atoms with Crippen LogP contribution in [0.1, 0.15) is 42.9 Å². The number of nitrogens with one attached hydrogen (secondary N) is 1. The summed E-state index contributed by atoms with van der Waals surface area (Å²) >= 11 is 0. The Bertz CT molecular complexity index is 520. The second kappa shape index (κ2) is 6.29. The van der Waals surface area contributed by atoms with Crippen LogP contribution in [0, 0.1) is 18.8 Å². The molecule has 2 amide bonds. The number of aryl methyl sites for hydroxylation is 1. The highest BCUT2D eigenvalue weighted by Crippen LogP contribution is 2.41. The van der Waals surface area contributed by atoms with E-state index >= 15 is 0 Å². The first-order valence-electron chi connectivity index (χ1n) is 8.31. The number of likely N-dealkylation sites (N-methyl/N-ethyl adjacent to an activating group) is 1. The Morgan fingerprint density at radius 1 is 1.23 bits per heavy atom. The fourth-order valence-corrected chi connectivity index (χ4v) is 2.91. The second-order valence-corrected chi connectivity index (χ2v) is 6.96. The minimum Gasteiger partial charge on any atom is -0.391 e. The normalized spacial score (nSPS) is 20.3. The fourth-order valence-electron chi connectivity index (χ4n) is 2.91. The summed E-state index contributed by atoms with van der Waals surface area (Å²) in [5, 5.41) is 13.1. The van der Waals surface area contributed by atoms with Crippen LogP contribution in [0.15, 0.2) is 24.3 Å². The number of hydrogen-bond donors (Lipinski definition) is 2. The van der Waals surface area contributed by atoms with E-state index in [4.69, 9.17) is 0 Å². The van der Waals surface area contributed by atoms with Gasteiger partial charge in [-0.3, -0.25) is 0 Å². The van der Waals surface area contributed by atoms with Crippen LogP contribution in [-0.2, 0) is 0 Å². The predicted molar refractivity (Wildman–Crippen MR) is 86.5 cm³/mol. The molecule has 0 bridgehead atoms. The van der Waals surface area contributed by atoms with Gasteiger partial charge in [0.15, 0.2) is 0 Å². The number of rotatable bonds is 6. The molecular weight excluding hydrogens is 276 g/mol. The molecule has 2 atom stereocenters. The Morgan fingerprint density at radius 2 is 1.82 bits per heavy atom. The van der Waals surface area contributed by atoms with Gasteiger partial charge in [-0.1, -0.05) is 29.8 Å². The van der Waals surface area contributed by atoms with Crippen molar-refractivity contribution in [2.75, 3.05) is 13.6 Å². The van der Waals surface area contributed by atoms with Crippen LogP contribution < -0.4 is 5.32 Å². The first kappa shape index (κ1) is 15.3. The highest BCUT2D eigenvalue weighted by atomic mass is 16.3. The smallest absolute Gasteiger partial charge is 0.317 e. The van der Waals surface area contributed by atoms with Crippen LogP contribution in [0.25, 0.3) is 0 Å². The number of hydrogen-bond acceptors (Lipinski definition) is 2. The second-order valence-electron chi connectivity index (χ2n) is 6.96. The summed E-state index contributed by atoms with van der Waals surface area (Å²) < 4.78 is 0. The average Bonchev–Trinajstić information content (AvgIpc) is 3.38. The van der Waals surface area contributed by atoms with Crippen LogP contribution in [0.5, 0.6) is 0 Å². The topological polar surface area (TPSA) is 52.6 Å². The molecule has 0 unspecified atom stereocenters. The van der Waals surface area contributed by atoms with Crippen molar-refractivity contribution in [2.45, 2.75) is 44.8 Å². The van der Waals surface area contributed by atoms with Gasteiger partial charge in [0, 0.05) is 13.6 Å². The number of amides is 2. The zero-order valence-electron chi connectivity index (χ0n) is 13.5. The maximum absolute atomic E-state index is 12.4. The van der Waals surface area contributed by atoms with Gasteiger partial charge in [-0.05, 0) is 50.0 Å². The molecular formula is C18H26N2O2. The standard InChI is InChI=1S/C18H26N2O2/c1-12-3-5-14(6-4-12)17(15-9-10-15)19-18(22)20(2)11-16(21)13-7-8-13/h3-6,13,15-17,21H,7-11H2,1-2H3,(H,19,22)/t16-,17-/m1/s1. The lowest BCUT2D eigenvalue weighted by Gasteiger charge is -2.25. The maximum Gasteiger partial charge on any atom is 0.317 e. The Hall–Kier alpha value is -1.55. The largest absolute Gasteiger partial charge is 0.391 e. The monoisotopic (exact) mass is 302 g/mol. The number of carbonyl (C=O) groups is 1. The first-order valence-corrected chi connectivity index (χ1v) is 8.31. The molecule has 2 N–H and O–H groups in total. The molecule has 3 rings (SSSR count). The maximum atomic E-state index is 12.4. The fraction of sp³-hybridized carbons (Fsp3) is 0.611. The van der Waals surface area contributed by atoms with Crippen molar-refractivity contribution >= 4 is 6.03 Å². The molecule has 1 aromatic carbocycles. The Morgan fingerprint density at radius 3 is 2.36 bits per heavy atom. The summed E-state index contributed by atoms with van der Waals surface area (Å²) in [7, 11) is 1.76. The molecule has 1 aromatic rings. The molecule has 0 aromatic heterocycles. The third-order valence-electron chi connectivity index (χ3n) is 4.78. The van der Waals surface area contributed by atoms with Crippen molar-refractivity contribution in [3.8, 4) is 0 Å². The number of carbonyl (C=O) groups excluding carboxylic acids is 1. The summed E-state index contributed by atoms with van der Waals surface area (Å²) in [6.07, 6.45) is 4.14. The molecule has 120 valence electrons.